The van der Waals surface area contributed by atoms with E-state index in [4.69, 9.17) is 4.74 Å². The van der Waals surface area contributed by atoms with Gasteiger partial charge in [-0.3, -0.25) is 4.79 Å². The first-order valence-electron chi connectivity index (χ1n) is 8.49. The zero-order valence-corrected chi connectivity index (χ0v) is 15.5. The lowest BCUT2D eigenvalue weighted by atomic mass is 10.1. The molecule has 0 saturated carbocycles. The van der Waals surface area contributed by atoms with Gasteiger partial charge >= 0.3 is 0 Å². The second-order valence-electron chi connectivity index (χ2n) is 6.13. The number of aryl methyl sites for hydroxylation is 1. The van der Waals surface area contributed by atoms with Crippen molar-refractivity contribution >= 4 is 21.5 Å². The zero-order valence-electron chi connectivity index (χ0n) is 14.6. The van der Waals surface area contributed by atoms with Crippen LogP contribution >= 0.6 is 0 Å². The summed E-state index contributed by atoms with van der Waals surface area (Å²) in [5.74, 6) is -0.0939. The Morgan fingerprint density at radius 2 is 1.73 bits per heavy atom. The Morgan fingerprint density at radius 1 is 1.08 bits per heavy atom. The maximum Gasteiger partial charge on any atom is 0.243 e. The van der Waals surface area contributed by atoms with Crippen LogP contribution in [0.4, 0.5) is 5.69 Å². The number of anilines is 1. The number of Topliss-reactive ketones (excluding diaryl/α,β-unsaturated/α-hetero) is 1. The summed E-state index contributed by atoms with van der Waals surface area (Å²) in [6, 6.07) is 13.8. The van der Waals surface area contributed by atoms with Gasteiger partial charge in [0.05, 0.1) is 24.7 Å². The second-order valence-corrected chi connectivity index (χ2v) is 8.07. The van der Waals surface area contributed by atoms with E-state index in [1.165, 1.54) is 16.4 Å². The summed E-state index contributed by atoms with van der Waals surface area (Å²) in [6.07, 6.45) is 0. The van der Waals surface area contributed by atoms with Gasteiger partial charge in [-0.25, -0.2) is 8.42 Å². The summed E-state index contributed by atoms with van der Waals surface area (Å²) in [4.78, 5) is 12.6. The Hall–Kier alpha value is -2.22. The molecule has 0 radical (unpaired) electrons. The van der Waals surface area contributed by atoms with Gasteiger partial charge in [-0.2, -0.15) is 4.31 Å². The van der Waals surface area contributed by atoms with Crippen LogP contribution in [0.5, 0.6) is 0 Å². The molecule has 3 rings (SSSR count). The third-order valence-corrected chi connectivity index (χ3v) is 6.28. The maximum absolute atomic E-state index is 12.6. The van der Waals surface area contributed by atoms with Gasteiger partial charge in [0, 0.05) is 24.3 Å². The molecule has 0 amide bonds. The van der Waals surface area contributed by atoms with Gasteiger partial charge in [-0.05, 0) is 42.8 Å². The van der Waals surface area contributed by atoms with E-state index in [1.807, 2.05) is 31.2 Å². The molecule has 0 unspecified atom stereocenters. The highest BCUT2D eigenvalue weighted by molar-refractivity contribution is 7.89. The number of hydrogen-bond donors (Lipinski definition) is 1. The molecular formula is C19H22N2O4S. The lowest BCUT2D eigenvalue weighted by Gasteiger charge is -2.26. The Kier molecular flexibility index (Phi) is 5.70. The van der Waals surface area contributed by atoms with Crippen molar-refractivity contribution in [3.05, 3.63) is 59.7 Å². The number of hydrogen-bond acceptors (Lipinski definition) is 5. The predicted octanol–water partition coefficient (Wildman–Crippen LogP) is 2.31. The lowest BCUT2D eigenvalue weighted by Crippen LogP contribution is -2.40. The van der Waals surface area contributed by atoms with Gasteiger partial charge in [-0.15, -0.1) is 0 Å². The van der Waals surface area contributed by atoms with Gasteiger partial charge in [0.2, 0.25) is 10.0 Å². The number of nitrogens with one attached hydrogen (secondary N) is 1. The topological polar surface area (TPSA) is 75.7 Å². The smallest absolute Gasteiger partial charge is 0.243 e. The number of ether oxygens (including phenoxy) is 1. The molecule has 0 spiro atoms. The van der Waals surface area contributed by atoms with Crippen LogP contribution in [0, 0.1) is 6.92 Å². The number of morpholine rings is 1. The number of carbonyl (C=O) groups is 1. The van der Waals surface area contributed by atoms with Gasteiger partial charge < -0.3 is 10.1 Å². The van der Waals surface area contributed by atoms with Crippen LogP contribution in [-0.2, 0) is 14.8 Å². The summed E-state index contributed by atoms with van der Waals surface area (Å²) < 4.78 is 31.8. The molecule has 2 aromatic carbocycles. The van der Waals surface area contributed by atoms with Crippen LogP contribution in [0.3, 0.4) is 0 Å². The SMILES string of the molecule is Cc1ccccc1NCC(=O)c1ccc(S(=O)(=O)N2CCOCC2)cc1. The van der Waals surface area contributed by atoms with E-state index in [9.17, 15) is 13.2 Å². The number of carbonyl (C=O) groups excluding carboxylic acids is 1. The molecule has 1 saturated heterocycles. The number of rotatable bonds is 6. The van der Waals surface area contributed by atoms with Crippen LogP contribution in [0.1, 0.15) is 15.9 Å². The molecule has 7 heteroatoms. The summed E-state index contributed by atoms with van der Waals surface area (Å²) in [7, 11) is -3.54. The predicted molar refractivity (Wildman–Crippen MR) is 100 cm³/mol. The summed E-state index contributed by atoms with van der Waals surface area (Å²) in [5.41, 5.74) is 2.45. The Bertz CT molecular complexity index is 873. The molecule has 138 valence electrons. The number of para-hydroxylation sites is 1. The standard InChI is InChI=1S/C19H22N2O4S/c1-15-4-2-3-5-18(15)20-14-19(22)16-6-8-17(9-7-16)26(23,24)21-10-12-25-13-11-21/h2-9,20H,10-14H2,1H3. The maximum atomic E-state index is 12.6. The highest BCUT2D eigenvalue weighted by Crippen LogP contribution is 2.18. The van der Waals surface area contributed by atoms with Crippen LogP contribution in [-0.4, -0.2) is 51.4 Å². The fourth-order valence-corrected chi connectivity index (χ4v) is 4.21. The van der Waals surface area contributed by atoms with Crippen molar-refractivity contribution in [1.82, 2.24) is 4.31 Å². The summed E-state index contributed by atoms with van der Waals surface area (Å²) in [6.45, 7) is 3.63. The number of ketones is 1. The van der Waals surface area contributed by atoms with E-state index in [0.29, 0.717) is 31.9 Å². The molecule has 0 aliphatic carbocycles. The minimum Gasteiger partial charge on any atom is -0.379 e. The van der Waals surface area contributed by atoms with E-state index in [1.54, 1.807) is 12.1 Å². The van der Waals surface area contributed by atoms with Crippen LogP contribution in [0.25, 0.3) is 0 Å². The highest BCUT2D eigenvalue weighted by Gasteiger charge is 2.26. The Labute approximate surface area is 153 Å². The van der Waals surface area contributed by atoms with Crippen molar-refractivity contribution in [2.75, 3.05) is 38.2 Å². The Morgan fingerprint density at radius 3 is 2.38 bits per heavy atom. The molecular weight excluding hydrogens is 352 g/mol. The quantitative estimate of drug-likeness (QED) is 0.786. The molecule has 0 aromatic heterocycles. The van der Waals surface area contributed by atoms with Crippen LogP contribution in [0.15, 0.2) is 53.4 Å². The Balaban J connectivity index is 1.67. The van der Waals surface area contributed by atoms with Crippen LogP contribution < -0.4 is 5.32 Å². The molecule has 1 aliphatic rings. The summed E-state index contributed by atoms with van der Waals surface area (Å²) in [5, 5.41) is 3.12. The molecule has 0 atom stereocenters. The van der Waals surface area contributed by atoms with E-state index < -0.39 is 10.0 Å². The first-order valence-corrected chi connectivity index (χ1v) is 9.93. The monoisotopic (exact) mass is 374 g/mol. The molecule has 0 bridgehead atoms. The van der Waals surface area contributed by atoms with E-state index in [0.717, 1.165) is 11.3 Å². The number of nitrogens with zero attached hydrogens (tertiary/aromatic N) is 1. The van der Waals surface area contributed by atoms with Gasteiger partial charge in [0.25, 0.3) is 0 Å². The number of sulfonamides is 1. The first-order chi connectivity index (χ1) is 12.5. The molecule has 6 nitrogen and oxygen atoms in total. The molecule has 2 aromatic rings. The summed E-state index contributed by atoms with van der Waals surface area (Å²) >= 11 is 0. The van der Waals surface area contributed by atoms with Crippen LogP contribution in [0.2, 0.25) is 0 Å². The van der Waals surface area contributed by atoms with Crippen molar-refractivity contribution < 1.29 is 17.9 Å². The molecule has 1 aliphatic heterocycles. The van der Waals surface area contributed by atoms with E-state index >= 15 is 0 Å². The van der Waals surface area contributed by atoms with Gasteiger partial charge in [0.1, 0.15) is 0 Å². The van der Waals surface area contributed by atoms with E-state index in [2.05, 4.69) is 5.32 Å². The van der Waals surface area contributed by atoms with Crippen molar-refractivity contribution in [1.29, 1.82) is 0 Å². The lowest BCUT2D eigenvalue weighted by molar-refractivity contribution is 0.0730. The average molecular weight is 374 g/mol. The minimum absolute atomic E-state index is 0.0939. The molecule has 1 N–H and O–H groups in total. The third-order valence-electron chi connectivity index (χ3n) is 4.37. The van der Waals surface area contributed by atoms with Crippen molar-refractivity contribution in [2.45, 2.75) is 11.8 Å². The zero-order chi connectivity index (χ0) is 18.6. The average Bonchev–Trinajstić information content (AvgIpc) is 2.68. The highest BCUT2D eigenvalue weighted by atomic mass is 32.2. The first kappa shape index (κ1) is 18.6. The molecule has 26 heavy (non-hydrogen) atoms. The largest absolute Gasteiger partial charge is 0.379 e. The molecule has 1 fully saturated rings. The van der Waals surface area contributed by atoms with Crippen molar-refractivity contribution in [3.8, 4) is 0 Å². The fraction of sp³-hybridized carbons (Fsp3) is 0.316. The minimum atomic E-state index is -3.54. The van der Waals surface area contributed by atoms with Gasteiger partial charge in [-0.1, -0.05) is 18.2 Å². The third kappa shape index (κ3) is 4.12. The van der Waals surface area contributed by atoms with Crippen molar-refractivity contribution in [2.24, 2.45) is 0 Å². The van der Waals surface area contributed by atoms with Crippen molar-refractivity contribution in [3.63, 3.8) is 0 Å². The van der Waals surface area contributed by atoms with E-state index in [-0.39, 0.29) is 17.2 Å². The molecule has 1 heterocycles. The normalized spacial score (nSPS) is 15.6. The number of benzene rings is 2. The fourth-order valence-electron chi connectivity index (χ4n) is 2.80. The second kappa shape index (κ2) is 7.99. The van der Waals surface area contributed by atoms with Gasteiger partial charge in [0.15, 0.2) is 5.78 Å².